The van der Waals surface area contributed by atoms with Gasteiger partial charge in [-0.1, -0.05) is 79.9 Å². The van der Waals surface area contributed by atoms with Crippen molar-refractivity contribution in [2.24, 2.45) is 0 Å². The van der Waals surface area contributed by atoms with E-state index in [-0.39, 0.29) is 17.9 Å². The maximum absolute atomic E-state index is 13.1. The molecule has 1 saturated carbocycles. The van der Waals surface area contributed by atoms with E-state index in [1.54, 1.807) is 4.90 Å². The third-order valence-electron chi connectivity index (χ3n) is 5.51. The lowest BCUT2D eigenvalue weighted by Gasteiger charge is -2.31. The number of hydrogen-bond donors (Lipinski definition) is 1. The van der Waals surface area contributed by atoms with Crippen molar-refractivity contribution in [3.05, 3.63) is 71.8 Å². The van der Waals surface area contributed by atoms with Gasteiger partial charge in [0, 0.05) is 12.6 Å². The van der Waals surface area contributed by atoms with Crippen molar-refractivity contribution in [2.75, 3.05) is 0 Å². The Hall–Kier alpha value is -2.62. The summed E-state index contributed by atoms with van der Waals surface area (Å²) in [4.78, 5) is 27.7. The van der Waals surface area contributed by atoms with E-state index in [2.05, 4.69) is 5.32 Å². The fourth-order valence-electron chi connectivity index (χ4n) is 3.80. The van der Waals surface area contributed by atoms with E-state index >= 15 is 0 Å². The minimum absolute atomic E-state index is 0.0265. The van der Waals surface area contributed by atoms with E-state index < -0.39 is 6.04 Å². The van der Waals surface area contributed by atoms with Gasteiger partial charge in [-0.2, -0.15) is 0 Å². The first-order valence-electron chi connectivity index (χ1n) is 10.3. The van der Waals surface area contributed by atoms with E-state index in [1.807, 2.05) is 67.6 Å². The van der Waals surface area contributed by atoms with Crippen molar-refractivity contribution in [2.45, 2.75) is 64.1 Å². The number of nitrogens with one attached hydrogen (secondary N) is 1. The normalized spacial score (nSPS) is 15.6. The van der Waals surface area contributed by atoms with Crippen molar-refractivity contribution >= 4 is 11.8 Å². The Morgan fingerprint density at radius 3 is 2.11 bits per heavy atom. The lowest BCUT2D eigenvalue weighted by molar-refractivity contribution is -0.140. The van der Waals surface area contributed by atoms with Crippen molar-refractivity contribution in [3.8, 4) is 0 Å². The monoisotopic (exact) mass is 378 g/mol. The molecular formula is C24H30N2O2. The van der Waals surface area contributed by atoms with Crippen LogP contribution in [0.1, 0.15) is 50.2 Å². The number of hydrogen-bond acceptors (Lipinski definition) is 2. The molecule has 0 aromatic heterocycles. The number of carbonyl (C=O) groups excluding carboxylic acids is 2. The zero-order valence-electron chi connectivity index (χ0n) is 16.6. The highest BCUT2D eigenvalue weighted by Crippen LogP contribution is 2.18. The van der Waals surface area contributed by atoms with Gasteiger partial charge >= 0.3 is 0 Å². The maximum Gasteiger partial charge on any atom is 0.242 e. The molecule has 4 heteroatoms. The van der Waals surface area contributed by atoms with Gasteiger partial charge in [-0.25, -0.2) is 0 Å². The van der Waals surface area contributed by atoms with Crippen LogP contribution in [0, 0.1) is 0 Å². The largest absolute Gasteiger partial charge is 0.352 e. The first kappa shape index (κ1) is 20.1. The molecule has 0 bridgehead atoms. The fraction of sp³-hybridized carbons (Fsp3) is 0.417. The molecule has 0 spiro atoms. The van der Waals surface area contributed by atoms with Gasteiger partial charge in [0.15, 0.2) is 0 Å². The summed E-state index contributed by atoms with van der Waals surface area (Å²) in [6.07, 6.45) is 5.95. The van der Waals surface area contributed by atoms with Gasteiger partial charge in [0.25, 0.3) is 0 Å². The van der Waals surface area contributed by atoms with Crippen LogP contribution in [0.15, 0.2) is 60.7 Å². The summed E-state index contributed by atoms with van der Waals surface area (Å²) < 4.78 is 0. The van der Waals surface area contributed by atoms with E-state index in [0.717, 1.165) is 24.0 Å². The molecule has 1 aliphatic carbocycles. The summed E-state index contributed by atoms with van der Waals surface area (Å²) in [6, 6.07) is 19.3. The van der Waals surface area contributed by atoms with Crippen LogP contribution in [0.4, 0.5) is 0 Å². The highest BCUT2D eigenvalue weighted by molar-refractivity contribution is 5.88. The predicted molar refractivity (Wildman–Crippen MR) is 112 cm³/mol. The van der Waals surface area contributed by atoms with Crippen molar-refractivity contribution in [1.29, 1.82) is 0 Å². The van der Waals surface area contributed by atoms with Crippen LogP contribution in [-0.4, -0.2) is 28.8 Å². The van der Waals surface area contributed by atoms with Crippen LogP contribution in [0.25, 0.3) is 0 Å². The molecule has 0 radical (unpaired) electrons. The third kappa shape index (κ3) is 5.69. The molecule has 1 N–H and O–H groups in total. The molecule has 2 amide bonds. The molecule has 1 aliphatic rings. The Morgan fingerprint density at radius 2 is 1.50 bits per heavy atom. The molecule has 2 aromatic rings. The molecule has 148 valence electrons. The third-order valence-corrected chi connectivity index (χ3v) is 5.51. The maximum atomic E-state index is 13.1. The topological polar surface area (TPSA) is 49.4 Å². The van der Waals surface area contributed by atoms with Gasteiger partial charge in [0.05, 0.1) is 6.42 Å². The molecule has 0 aliphatic heterocycles. The number of nitrogens with zero attached hydrogens (tertiary/aromatic N) is 1. The zero-order valence-corrected chi connectivity index (χ0v) is 16.6. The van der Waals surface area contributed by atoms with Crippen LogP contribution < -0.4 is 5.32 Å². The van der Waals surface area contributed by atoms with Crippen LogP contribution in [0.3, 0.4) is 0 Å². The Kier molecular flexibility index (Phi) is 7.24. The Balaban J connectivity index is 1.72. The van der Waals surface area contributed by atoms with Gasteiger partial charge < -0.3 is 10.2 Å². The van der Waals surface area contributed by atoms with Crippen molar-refractivity contribution in [3.63, 3.8) is 0 Å². The average molecular weight is 379 g/mol. The van der Waals surface area contributed by atoms with Crippen LogP contribution in [0.2, 0.25) is 0 Å². The Labute approximate surface area is 167 Å². The van der Waals surface area contributed by atoms with E-state index in [0.29, 0.717) is 13.0 Å². The molecule has 0 heterocycles. The van der Waals surface area contributed by atoms with Gasteiger partial charge in [-0.3, -0.25) is 9.59 Å². The molecule has 4 nitrogen and oxygen atoms in total. The molecule has 1 atom stereocenters. The number of amides is 2. The Morgan fingerprint density at radius 1 is 0.929 bits per heavy atom. The standard InChI is InChI=1S/C24H30N2O2/c1-19(24(28)25-22-15-9-4-10-16-22)26(18-21-13-7-3-8-14-21)23(27)17-20-11-5-2-6-12-20/h2-3,5-8,11-14,19,22H,4,9-10,15-18H2,1H3,(H,25,28)/t19-/m0/s1. The average Bonchev–Trinajstić information content (AvgIpc) is 2.73. The molecule has 0 unspecified atom stereocenters. The quantitative estimate of drug-likeness (QED) is 0.789. The van der Waals surface area contributed by atoms with E-state index in [4.69, 9.17) is 0 Å². The summed E-state index contributed by atoms with van der Waals surface area (Å²) in [6.45, 7) is 2.27. The molecule has 2 aromatic carbocycles. The lowest BCUT2D eigenvalue weighted by atomic mass is 9.95. The van der Waals surface area contributed by atoms with Crippen LogP contribution in [0.5, 0.6) is 0 Å². The molecule has 28 heavy (non-hydrogen) atoms. The van der Waals surface area contributed by atoms with Crippen LogP contribution >= 0.6 is 0 Å². The number of benzene rings is 2. The number of rotatable bonds is 7. The van der Waals surface area contributed by atoms with Gasteiger partial charge in [0.1, 0.15) is 6.04 Å². The first-order chi connectivity index (χ1) is 13.6. The minimum atomic E-state index is -0.502. The fourth-order valence-corrected chi connectivity index (χ4v) is 3.80. The second-order valence-electron chi connectivity index (χ2n) is 7.69. The summed E-state index contributed by atoms with van der Waals surface area (Å²) in [5.41, 5.74) is 1.99. The molecule has 0 saturated heterocycles. The summed E-state index contributed by atoms with van der Waals surface area (Å²) >= 11 is 0. The molecule has 3 rings (SSSR count). The minimum Gasteiger partial charge on any atom is -0.352 e. The highest BCUT2D eigenvalue weighted by atomic mass is 16.2. The van der Waals surface area contributed by atoms with Gasteiger partial charge in [-0.15, -0.1) is 0 Å². The number of carbonyl (C=O) groups is 2. The zero-order chi connectivity index (χ0) is 19.8. The lowest BCUT2D eigenvalue weighted by Crippen LogP contribution is -2.50. The summed E-state index contributed by atoms with van der Waals surface area (Å²) in [7, 11) is 0. The van der Waals surface area contributed by atoms with E-state index in [9.17, 15) is 9.59 Å². The van der Waals surface area contributed by atoms with Crippen molar-refractivity contribution < 1.29 is 9.59 Å². The first-order valence-corrected chi connectivity index (χ1v) is 10.3. The SMILES string of the molecule is C[C@@H](C(=O)NC1CCCCC1)N(Cc1ccccc1)C(=O)Cc1ccccc1. The highest BCUT2D eigenvalue weighted by Gasteiger charge is 2.28. The smallest absolute Gasteiger partial charge is 0.242 e. The Bertz CT molecular complexity index is 755. The van der Waals surface area contributed by atoms with Crippen LogP contribution in [-0.2, 0) is 22.6 Å². The molecular weight excluding hydrogens is 348 g/mol. The molecule has 1 fully saturated rings. The van der Waals surface area contributed by atoms with Gasteiger partial charge in [0.2, 0.25) is 11.8 Å². The summed E-state index contributed by atoms with van der Waals surface area (Å²) in [5, 5.41) is 3.17. The predicted octanol–water partition coefficient (Wildman–Crippen LogP) is 4.10. The summed E-state index contributed by atoms with van der Waals surface area (Å²) in [5.74, 6) is -0.0782. The van der Waals surface area contributed by atoms with E-state index in [1.165, 1.54) is 19.3 Å². The van der Waals surface area contributed by atoms with Crippen molar-refractivity contribution in [1.82, 2.24) is 10.2 Å². The second-order valence-corrected chi connectivity index (χ2v) is 7.69. The second kappa shape index (κ2) is 10.1. The van der Waals surface area contributed by atoms with Gasteiger partial charge in [-0.05, 0) is 30.9 Å².